The molecule has 1 heterocycles. The molecule has 0 saturated carbocycles. The molecule has 0 spiro atoms. The standard InChI is InChI=1S/C11H14FN5/c1-3-13-8(2)11-14-15-16-17(11)10-6-4-5-9(12)7-10/h4-8,13H,3H2,1-2H3. The third-order valence-electron chi connectivity index (χ3n) is 2.44. The second kappa shape index (κ2) is 5.01. The molecule has 2 aromatic rings. The fourth-order valence-electron chi connectivity index (χ4n) is 1.65. The molecule has 6 heteroatoms. The van der Waals surface area contributed by atoms with Crippen LogP contribution in [-0.4, -0.2) is 26.8 Å². The summed E-state index contributed by atoms with van der Waals surface area (Å²) < 4.78 is 14.7. The van der Waals surface area contributed by atoms with Gasteiger partial charge in [-0.2, -0.15) is 4.68 Å². The van der Waals surface area contributed by atoms with Gasteiger partial charge in [-0.3, -0.25) is 0 Å². The number of hydrogen-bond acceptors (Lipinski definition) is 4. The zero-order chi connectivity index (χ0) is 12.3. The van der Waals surface area contributed by atoms with Gasteiger partial charge < -0.3 is 5.32 Å². The van der Waals surface area contributed by atoms with Gasteiger partial charge in [0.25, 0.3) is 0 Å². The molecule has 1 unspecified atom stereocenters. The number of nitrogens with one attached hydrogen (secondary N) is 1. The number of rotatable bonds is 4. The number of hydrogen-bond donors (Lipinski definition) is 1. The summed E-state index contributed by atoms with van der Waals surface area (Å²) in [5.74, 6) is 0.359. The molecule has 0 aliphatic rings. The molecule has 1 aromatic carbocycles. The summed E-state index contributed by atoms with van der Waals surface area (Å²) in [4.78, 5) is 0. The second-order valence-corrected chi connectivity index (χ2v) is 3.71. The normalized spacial score (nSPS) is 12.6. The Morgan fingerprint density at radius 3 is 3.00 bits per heavy atom. The highest BCUT2D eigenvalue weighted by molar-refractivity contribution is 5.31. The van der Waals surface area contributed by atoms with Gasteiger partial charge in [0.15, 0.2) is 5.82 Å². The molecule has 0 radical (unpaired) electrons. The van der Waals surface area contributed by atoms with Gasteiger partial charge in [-0.1, -0.05) is 13.0 Å². The minimum Gasteiger partial charge on any atom is -0.308 e. The van der Waals surface area contributed by atoms with Crippen molar-refractivity contribution < 1.29 is 4.39 Å². The van der Waals surface area contributed by atoms with Gasteiger partial charge in [-0.15, -0.1) is 5.10 Å². The van der Waals surface area contributed by atoms with Crippen molar-refractivity contribution in [3.63, 3.8) is 0 Å². The van der Waals surface area contributed by atoms with Gasteiger partial charge in [0.05, 0.1) is 11.7 Å². The van der Waals surface area contributed by atoms with E-state index in [1.807, 2.05) is 13.8 Å². The molecule has 0 saturated heterocycles. The van der Waals surface area contributed by atoms with Crippen molar-refractivity contribution in [2.45, 2.75) is 19.9 Å². The van der Waals surface area contributed by atoms with Crippen LogP contribution in [0, 0.1) is 5.82 Å². The first kappa shape index (κ1) is 11.7. The number of tetrazole rings is 1. The number of nitrogens with zero attached hydrogens (tertiary/aromatic N) is 4. The Kier molecular flexibility index (Phi) is 3.43. The van der Waals surface area contributed by atoms with Crippen LogP contribution >= 0.6 is 0 Å². The van der Waals surface area contributed by atoms with Crippen molar-refractivity contribution >= 4 is 0 Å². The minimum absolute atomic E-state index is 0.0123. The minimum atomic E-state index is -0.306. The topological polar surface area (TPSA) is 55.6 Å². The molecule has 1 aromatic heterocycles. The quantitative estimate of drug-likeness (QED) is 0.872. The fraction of sp³-hybridized carbons (Fsp3) is 0.364. The lowest BCUT2D eigenvalue weighted by atomic mass is 10.2. The third kappa shape index (κ3) is 2.47. The highest BCUT2D eigenvalue weighted by atomic mass is 19.1. The van der Waals surface area contributed by atoms with Gasteiger partial charge in [-0.05, 0) is 42.1 Å². The number of benzene rings is 1. The van der Waals surface area contributed by atoms with Crippen molar-refractivity contribution in [3.8, 4) is 5.69 Å². The average Bonchev–Trinajstić information content (AvgIpc) is 2.78. The third-order valence-corrected chi connectivity index (χ3v) is 2.44. The molecule has 0 aliphatic heterocycles. The van der Waals surface area contributed by atoms with E-state index in [1.165, 1.54) is 16.8 Å². The Morgan fingerprint density at radius 1 is 1.47 bits per heavy atom. The second-order valence-electron chi connectivity index (χ2n) is 3.71. The van der Waals surface area contributed by atoms with Crippen LogP contribution in [0.1, 0.15) is 25.7 Å². The molecular formula is C11H14FN5. The maximum absolute atomic E-state index is 13.1. The van der Waals surface area contributed by atoms with Gasteiger partial charge >= 0.3 is 0 Å². The van der Waals surface area contributed by atoms with Crippen LogP contribution in [-0.2, 0) is 0 Å². The van der Waals surface area contributed by atoms with Crippen LogP contribution in [0.5, 0.6) is 0 Å². The summed E-state index contributed by atoms with van der Waals surface area (Å²) in [6.07, 6.45) is 0. The summed E-state index contributed by atoms with van der Waals surface area (Å²) in [6.45, 7) is 4.79. The van der Waals surface area contributed by atoms with E-state index in [1.54, 1.807) is 12.1 Å². The van der Waals surface area contributed by atoms with Crippen molar-refractivity contribution in [2.75, 3.05) is 6.54 Å². The summed E-state index contributed by atoms with van der Waals surface area (Å²) >= 11 is 0. The smallest absolute Gasteiger partial charge is 0.173 e. The predicted octanol–water partition coefficient (Wildman–Crippen LogP) is 1.47. The molecule has 1 atom stereocenters. The highest BCUT2D eigenvalue weighted by Crippen LogP contribution is 2.14. The number of halogens is 1. The van der Waals surface area contributed by atoms with E-state index in [4.69, 9.17) is 0 Å². The van der Waals surface area contributed by atoms with Crippen LogP contribution in [0.15, 0.2) is 24.3 Å². The van der Waals surface area contributed by atoms with Crippen molar-refractivity contribution in [2.24, 2.45) is 0 Å². The van der Waals surface area contributed by atoms with E-state index in [-0.39, 0.29) is 11.9 Å². The maximum Gasteiger partial charge on any atom is 0.173 e. The molecule has 0 amide bonds. The Labute approximate surface area is 98.6 Å². The first-order chi connectivity index (χ1) is 8.22. The first-order valence-electron chi connectivity index (χ1n) is 5.50. The van der Waals surface area contributed by atoms with Gasteiger partial charge in [0.2, 0.25) is 0 Å². The zero-order valence-corrected chi connectivity index (χ0v) is 9.76. The molecule has 0 bridgehead atoms. The summed E-state index contributed by atoms with van der Waals surface area (Å²) in [5, 5.41) is 14.7. The fourth-order valence-corrected chi connectivity index (χ4v) is 1.65. The largest absolute Gasteiger partial charge is 0.308 e. The molecule has 1 N–H and O–H groups in total. The van der Waals surface area contributed by atoms with E-state index in [2.05, 4.69) is 20.8 Å². The van der Waals surface area contributed by atoms with Gasteiger partial charge in [-0.25, -0.2) is 4.39 Å². The van der Waals surface area contributed by atoms with Crippen molar-refractivity contribution in [1.29, 1.82) is 0 Å². The molecule has 17 heavy (non-hydrogen) atoms. The van der Waals surface area contributed by atoms with Crippen LogP contribution in [0.2, 0.25) is 0 Å². The Balaban J connectivity index is 2.36. The van der Waals surface area contributed by atoms with Crippen LogP contribution in [0.3, 0.4) is 0 Å². The number of aromatic nitrogens is 4. The molecule has 2 rings (SSSR count). The Morgan fingerprint density at radius 2 is 2.29 bits per heavy atom. The Bertz CT molecular complexity index is 496. The molecule has 0 aliphatic carbocycles. The molecular weight excluding hydrogens is 221 g/mol. The van der Waals surface area contributed by atoms with E-state index >= 15 is 0 Å². The summed E-state index contributed by atoms with van der Waals surface area (Å²) in [6, 6.07) is 6.20. The van der Waals surface area contributed by atoms with Crippen LogP contribution in [0.25, 0.3) is 5.69 Å². The first-order valence-corrected chi connectivity index (χ1v) is 5.50. The zero-order valence-electron chi connectivity index (χ0n) is 9.76. The van der Waals surface area contributed by atoms with E-state index < -0.39 is 0 Å². The highest BCUT2D eigenvalue weighted by Gasteiger charge is 2.14. The summed E-state index contributed by atoms with van der Waals surface area (Å²) in [5.41, 5.74) is 0.620. The van der Waals surface area contributed by atoms with Gasteiger partial charge in [0.1, 0.15) is 5.82 Å². The van der Waals surface area contributed by atoms with Crippen LogP contribution < -0.4 is 5.32 Å². The van der Waals surface area contributed by atoms with Gasteiger partial charge in [0, 0.05) is 0 Å². The lowest BCUT2D eigenvalue weighted by Gasteiger charge is -2.11. The monoisotopic (exact) mass is 235 g/mol. The molecule has 5 nitrogen and oxygen atoms in total. The van der Waals surface area contributed by atoms with E-state index in [9.17, 15) is 4.39 Å². The average molecular weight is 235 g/mol. The molecule has 0 fully saturated rings. The van der Waals surface area contributed by atoms with Crippen molar-refractivity contribution in [1.82, 2.24) is 25.5 Å². The molecule has 90 valence electrons. The lowest BCUT2D eigenvalue weighted by Crippen LogP contribution is -2.21. The van der Waals surface area contributed by atoms with E-state index in [0.717, 1.165) is 6.54 Å². The Hall–Kier alpha value is -1.82. The SMILES string of the molecule is CCNC(C)c1nnnn1-c1cccc(F)c1. The maximum atomic E-state index is 13.1. The van der Waals surface area contributed by atoms with Crippen LogP contribution in [0.4, 0.5) is 4.39 Å². The van der Waals surface area contributed by atoms with E-state index in [0.29, 0.717) is 11.5 Å². The summed E-state index contributed by atoms with van der Waals surface area (Å²) in [7, 11) is 0. The lowest BCUT2D eigenvalue weighted by molar-refractivity contribution is 0.549. The van der Waals surface area contributed by atoms with Crippen molar-refractivity contribution in [3.05, 3.63) is 35.9 Å². The predicted molar refractivity (Wildman–Crippen MR) is 61.2 cm³/mol.